The van der Waals surface area contributed by atoms with Crippen LogP contribution in [0.15, 0.2) is 42.5 Å². The summed E-state index contributed by atoms with van der Waals surface area (Å²) in [5.74, 6) is 0.798. The summed E-state index contributed by atoms with van der Waals surface area (Å²) in [6.07, 6.45) is 0.243. The molecule has 2 aromatic carbocycles. The van der Waals surface area contributed by atoms with Gasteiger partial charge in [-0.3, -0.25) is 9.69 Å². The molecule has 3 aromatic rings. The van der Waals surface area contributed by atoms with E-state index in [1.54, 1.807) is 11.0 Å². The lowest BCUT2D eigenvalue weighted by Gasteiger charge is -2.22. The Morgan fingerprint density at radius 2 is 1.96 bits per heavy atom. The van der Waals surface area contributed by atoms with E-state index in [-0.39, 0.29) is 12.3 Å². The third-order valence-corrected chi connectivity index (χ3v) is 5.67. The average Bonchev–Trinajstić information content (AvgIpc) is 3.06. The van der Waals surface area contributed by atoms with Gasteiger partial charge in [-0.15, -0.1) is 0 Å². The van der Waals surface area contributed by atoms with Crippen molar-refractivity contribution in [2.45, 2.75) is 13.3 Å². The molecule has 1 heterocycles. The van der Waals surface area contributed by atoms with Crippen molar-refractivity contribution in [3.05, 3.63) is 53.1 Å². The lowest BCUT2D eigenvalue weighted by Crippen LogP contribution is -2.37. The second kappa shape index (κ2) is 9.37. The Balaban J connectivity index is 1.89. The maximum Gasteiger partial charge on any atom is 0.233 e. The number of halogens is 1. The topological polar surface area (TPSA) is 45.7 Å². The molecule has 0 saturated heterocycles. The van der Waals surface area contributed by atoms with E-state index in [2.05, 4.69) is 4.90 Å². The highest BCUT2D eigenvalue weighted by atomic mass is 35.5. The highest BCUT2D eigenvalue weighted by Crippen LogP contribution is 2.32. The van der Waals surface area contributed by atoms with Gasteiger partial charge in [0.15, 0.2) is 5.13 Å². The van der Waals surface area contributed by atoms with Crippen molar-refractivity contribution in [2.24, 2.45) is 0 Å². The molecule has 0 aliphatic rings. The van der Waals surface area contributed by atoms with Gasteiger partial charge in [0.25, 0.3) is 0 Å². The Bertz CT molecular complexity index is 958. The van der Waals surface area contributed by atoms with Crippen molar-refractivity contribution in [2.75, 3.05) is 38.7 Å². The van der Waals surface area contributed by atoms with Gasteiger partial charge in [0.05, 0.1) is 23.2 Å². The molecule has 0 atom stereocenters. The fourth-order valence-electron chi connectivity index (χ4n) is 2.79. The van der Waals surface area contributed by atoms with E-state index in [1.807, 2.05) is 57.4 Å². The number of hydrogen-bond donors (Lipinski definition) is 0. The van der Waals surface area contributed by atoms with Gasteiger partial charge in [-0.1, -0.05) is 41.1 Å². The maximum absolute atomic E-state index is 13.1. The first-order valence-electron chi connectivity index (χ1n) is 9.20. The molecule has 0 unspecified atom stereocenters. The second-order valence-corrected chi connectivity index (χ2v) is 8.09. The molecule has 0 bridgehead atoms. The second-order valence-electron chi connectivity index (χ2n) is 6.68. The normalized spacial score (nSPS) is 11.2. The van der Waals surface area contributed by atoms with E-state index >= 15 is 0 Å². The van der Waals surface area contributed by atoms with Crippen LogP contribution in [-0.2, 0) is 11.2 Å². The van der Waals surface area contributed by atoms with Crippen LogP contribution in [0.2, 0.25) is 5.02 Å². The molecule has 0 N–H and O–H groups in total. The Kier molecular flexibility index (Phi) is 6.88. The molecular formula is C21H24ClN3O2S. The third-order valence-electron chi connectivity index (χ3n) is 4.26. The number of aromatic nitrogens is 1. The number of benzene rings is 2. The number of amides is 1. The minimum Gasteiger partial charge on any atom is -0.494 e. The number of nitrogens with zero attached hydrogens (tertiary/aromatic N) is 3. The van der Waals surface area contributed by atoms with E-state index in [0.717, 1.165) is 28.1 Å². The molecule has 0 spiro atoms. The van der Waals surface area contributed by atoms with Crippen molar-refractivity contribution < 1.29 is 9.53 Å². The Morgan fingerprint density at radius 1 is 1.18 bits per heavy atom. The molecule has 5 nitrogen and oxygen atoms in total. The van der Waals surface area contributed by atoms with Gasteiger partial charge in [-0.2, -0.15) is 0 Å². The number of rotatable bonds is 8. The van der Waals surface area contributed by atoms with E-state index in [0.29, 0.717) is 23.3 Å². The van der Waals surface area contributed by atoms with Gasteiger partial charge in [0.2, 0.25) is 5.91 Å². The minimum absolute atomic E-state index is 0.0148. The lowest BCUT2D eigenvalue weighted by molar-refractivity contribution is -0.118. The lowest BCUT2D eigenvalue weighted by atomic mass is 10.1. The molecule has 28 heavy (non-hydrogen) atoms. The van der Waals surface area contributed by atoms with Crippen LogP contribution in [0.5, 0.6) is 5.75 Å². The fourth-order valence-corrected chi connectivity index (χ4v) is 4.03. The highest BCUT2D eigenvalue weighted by Gasteiger charge is 2.21. The molecule has 0 radical (unpaired) electrons. The van der Waals surface area contributed by atoms with Crippen molar-refractivity contribution in [3.63, 3.8) is 0 Å². The number of ether oxygens (including phenoxy) is 1. The van der Waals surface area contributed by atoms with Gasteiger partial charge in [-0.05, 0) is 50.8 Å². The first-order valence-corrected chi connectivity index (χ1v) is 10.4. The molecule has 148 valence electrons. The number of thiazole rings is 1. The summed E-state index contributed by atoms with van der Waals surface area (Å²) in [5, 5.41) is 1.30. The number of anilines is 1. The van der Waals surface area contributed by atoms with Crippen LogP contribution in [0.4, 0.5) is 5.13 Å². The van der Waals surface area contributed by atoms with Gasteiger partial charge in [-0.25, -0.2) is 4.98 Å². The number of carbonyl (C=O) groups is 1. The summed E-state index contributed by atoms with van der Waals surface area (Å²) in [6.45, 7) is 3.88. The number of likely N-dealkylation sites (N-methyl/N-ethyl adjacent to an activating group) is 1. The van der Waals surface area contributed by atoms with E-state index in [4.69, 9.17) is 21.3 Å². The van der Waals surface area contributed by atoms with Gasteiger partial charge >= 0.3 is 0 Å². The average molecular weight is 418 g/mol. The van der Waals surface area contributed by atoms with Gasteiger partial charge < -0.3 is 9.64 Å². The highest BCUT2D eigenvalue weighted by molar-refractivity contribution is 7.22. The van der Waals surface area contributed by atoms with Crippen molar-refractivity contribution in [1.82, 2.24) is 9.88 Å². The Hall–Kier alpha value is -2.15. The zero-order chi connectivity index (χ0) is 20.1. The van der Waals surface area contributed by atoms with E-state index in [9.17, 15) is 4.79 Å². The van der Waals surface area contributed by atoms with Crippen molar-refractivity contribution in [3.8, 4) is 5.75 Å². The molecule has 3 rings (SSSR count). The summed E-state index contributed by atoms with van der Waals surface area (Å²) < 4.78 is 6.58. The molecular weight excluding hydrogens is 394 g/mol. The molecule has 1 aromatic heterocycles. The summed E-state index contributed by atoms with van der Waals surface area (Å²) in [5.41, 5.74) is 1.69. The molecule has 7 heteroatoms. The molecule has 0 aliphatic heterocycles. The zero-order valence-corrected chi connectivity index (χ0v) is 17.9. The number of fused-ring (bicyclic) bond motifs is 1. The molecule has 0 saturated carbocycles. The SMILES string of the molecule is CCOc1ccc2nc(N(CCN(C)C)C(=O)Cc3ccccc3Cl)sc2c1. The van der Waals surface area contributed by atoms with Crippen LogP contribution in [-0.4, -0.2) is 49.6 Å². The van der Waals surface area contributed by atoms with Crippen LogP contribution in [0.3, 0.4) is 0 Å². The van der Waals surface area contributed by atoms with Crippen molar-refractivity contribution >= 4 is 44.2 Å². The predicted molar refractivity (Wildman–Crippen MR) is 117 cm³/mol. The molecule has 0 fully saturated rings. The van der Waals surface area contributed by atoms with Crippen LogP contribution in [0.1, 0.15) is 12.5 Å². The summed E-state index contributed by atoms with van der Waals surface area (Å²) in [6, 6.07) is 13.3. The quantitative estimate of drug-likeness (QED) is 0.542. The van der Waals surface area contributed by atoms with Crippen LogP contribution < -0.4 is 9.64 Å². The fraction of sp³-hybridized carbons (Fsp3) is 0.333. The number of carbonyl (C=O) groups excluding carboxylic acids is 1. The van der Waals surface area contributed by atoms with Crippen molar-refractivity contribution in [1.29, 1.82) is 0 Å². The van der Waals surface area contributed by atoms with Crippen LogP contribution in [0, 0.1) is 0 Å². The zero-order valence-electron chi connectivity index (χ0n) is 16.3. The summed E-state index contributed by atoms with van der Waals surface area (Å²) >= 11 is 7.75. The first kappa shape index (κ1) is 20.6. The Morgan fingerprint density at radius 3 is 2.68 bits per heavy atom. The van der Waals surface area contributed by atoms with Gasteiger partial charge in [0.1, 0.15) is 5.75 Å². The first-order chi connectivity index (χ1) is 13.5. The number of hydrogen-bond acceptors (Lipinski definition) is 5. The maximum atomic E-state index is 13.1. The smallest absolute Gasteiger partial charge is 0.233 e. The van der Waals surface area contributed by atoms with Crippen LogP contribution in [0.25, 0.3) is 10.2 Å². The predicted octanol–water partition coefficient (Wildman–Crippen LogP) is 4.49. The molecule has 1 amide bonds. The Labute approximate surface area is 174 Å². The van der Waals surface area contributed by atoms with Crippen LogP contribution >= 0.6 is 22.9 Å². The standard InChI is InChI=1S/C21H24ClN3O2S/c1-4-27-16-9-10-18-19(14-16)28-21(23-18)25(12-11-24(2)3)20(26)13-15-7-5-6-8-17(15)22/h5-10,14H,4,11-13H2,1-3H3. The monoisotopic (exact) mass is 417 g/mol. The summed E-state index contributed by atoms with van der Waals surface area (Å²) in [7, 11) is 3.98. The van der Waals surface area contributed by atoms with Gasteiger partial charge in [0, 0.05) is 18.1 Å². The third kappa shape index (κ3) is 5.01. The molecule has 0 aliphatic carbocycles. The minimum atomic E-state index is -0.0148. The summed E-state index contributed by atoms with van der Waals surface area (Å²) in [4.78, 5) is 21.6. The largest absolute Gasteiger partial charge is 0.494 e. The van der Waals surface area contributed by atoms with E-state index in [1.165, 1.54) is 11.3 Å². The van der Waals surface area contributed by atoms with E-state index < -0.39 is 0 Å².